The molecule has 4 aromatic rings. The lowest BCUT2D eigenvalue weighted by Gasteiger charge is -2.37. The molecular formula is C24H18ClF8N9O2. The molecule has 0 saturated carbocycles. The molecule has 3 aromatic heterocycles. The zero-order valence-electron chi connectivity index (χ0n) is 21.7. The molecule has 20 heteroatoms. The number of carbonyl (C=O) groups excluding carboxylic acids is 1. The van der Waals surface area contributed by atoms with E-state index in [1.165, 1.54) is 29.6 Å². The number of pyridine rings is 1. The first-order valence-corrected chi connectivity index (χ1v) is 12.8. The van der Waals surface area contributed by atoms with Crippen molar-refractivity contribution in [2.45, 2.75) is 43.4 Å². The van der Waals surface area contributed by atoms with Crippen LogP contribution in [0, 0.1) is 0 Å². The van der Waals surface area contributed by atoms with Gasteiger partial charge in [0.05, 0.1) is 13.1 Å². The number of hydrogen-bond donors (Lipinski definition) is 2. The van der Waals surface area contributed by atoms with E-state index in [2.05, 4.69) is 25.5 Å². The summed E-state index contributed by atoms with van der Waals surface area (Å²) in [5, 5.41) is 11.8. The predicted molar refractivity (Wildman–Crippen MR) is 135 cm³/mol. The molecular weight excluding hydrogens is 634 g/mol. The number of alkyl halides is 8. The number of benzene rings is 1. The Labute approximate surface area is 245 Å². The maximum atomic E-state index is 14.0. The molecule has 44 heavy (non-hydrogen) atoms. The molecule has 0 bridgehead atoms. The van der Waals surface area contributed by atoms with E-state index in [-0.39, 0.29) is 22.2 Å². The Bertz CT molecular complexity index is 1730. The molecule has 1 fully saturated rings. The average molecular weight is 652 g/mol. The summed E-state index contributed by atoms with van der Waals surface area (Å²) in [6.07, 6.45) is -7.98. The summed E-state index contributed by atoms with van der Waals surface area (Å²) < 4.78 is 112. The molecule has 234 valence electrons. The van der Waals surface area contributed by atoms with Crippen LogP contribution in [0.2, 0.25) is 5.02 Å². The first kappa shape index (κ1) is 31.0. The second-order valence-corrected chi connectivity index (χ2v) is 9.97. The van der Waals surface area contributed by atoms with Gasteiger partial charge in [0.2, 0.25) is 5.91 Å². The zero-order chi connectivity index (χ0) is 32.0. The molecule has 0 spiro atoms. The summed E-state index contributed by atoms with van der Waals surface area (Å²) >= 11 is 5.90. The van der Waals surface area contributed by atoms with Gasteiger partial charge in [0.25, 0.3) is 5.92 Å². The van der Waals surface area contributed by atoms with Crippen molar-refractivity contribution in [3.8, 4) is 17.2 Å². The highest BCUT2D eigenvalue weighted by atomic mass is 35.5. The van der Waals surface area contributed by atoms with Crippen LogP contribution in [-0.2, 0) is 24.1 Å². The first-order chi connectivity index (χ1) is 20.5. The van der Waals surface area contributed by atoms with Crippen LogP contribution in [0.3, 0.4) is 0 Å². The van der Waals surface area contributed by atoms with Gasteiger partial charge in [-0.25, -0.2) is 32.9 Å². The Morgan fingerprint density at radius 1 is 1.09 bits per heavy atom. The third-order valence-electron chi connectivity index (χ3n) is 6.47. The lowest BCUT2D eigenvalue weighted by molar-refractivity contribution is -0.172. The molecule has 2 atom stereocenters. The van der Waals surface area contributed by atoms with E-state index in [1.54, 1.807) is 0 Å². The SMILES string of the molecule is O=C(NC(Cn1c(-c2ccc(Cl)cc2)nn(Cc2ncn(-c3ncccc3C(F)(F)F)n2)c1=O)C(F)(F)F)C1NCC1(F)F. The molecule has 0 radical (unpaired) electrons. The van der Waals surface area contributed by atoms with Crippen molar-refractivity contribution in [2.75, 3.05) is 6.54 Å². The Morgan fingerprint density at radius 3 is 2.39 bits per heavy atom. The quantitative estimate of drug-likeness (QED) is 0.281. The average Bonchev–Trinajstić information content (AvgIpc) is 3.52. The number of rotatable bonds is 8. The maximum Gasteiger partial charge on any atom is 0.420 e. The van der Waals surface area contributed by atoms with Gasteiger partial charge >= 0.3 is 18.0 Å². The molecule has 4 heterocycles. The first-order valence-electron chi connectivity index (χ1n) is 12.4. The minimum absolute atomic E-state index is 0.117. The number of carbonyl (C=O) groups is 1. The van der Waals surface area contributed by atoms with Crippen molar-refractivity contribution in [2.24, 2.45) is 0 Å². The molecule has 2 unspecified atom stereocenters. The number of nitrogens with zero attached hydrogens (tertiary/aromatic N) is 7. The second kappa shape index (κ2) is 11.3. The van der Waals surface area contributed by atoms with Crippen LogP contribution >= 0.6 is 11.6 Å². The van der Waals surface area contributed by atoms with Crippen molar-refractivity contribution < 1.29 is 39.9 Å². The molecule has 1 saturated heterocycles. The van der Waals surface area contributed by atoms with Gasteiger partial charge in [-0.05, 0) is 36.4 Å². The molecule has 0 aliphatic carbocycles. The molecule has 11 nitrogen and oxygen atoms in total. The van der Waals surface area contributed by atoms with E-state index < -0.39 is 73.0 Å². The summed E-state index contributed by atoms with van der Waals surface area (Å²) in [5.74, 6) is -6.39. The largest absolute Gasteiger partial charge is 0.420 e. The monoisotopic (exact) mass is 651 g/mol. The molecule has 1 aliphatic rings. The van der Waals surface area contributed by atoms with E-state index >= 15 is 0 Å². The fraction of sp³-hybridized carbons (Fsp3) is 0.333. The number of amides is 1. The highest BCUT2D eigenvalue weighted by molar-refractivity contribution is 6.30. The van der Waals surface area contributed by atoms with E-state index in [9.17, 15) is 44.7 Å². The normalized spacial score (nSPS) is 17.2. The standard InChI is InChI=1S/C24H18ClF8N9O2/c25-13-5-3-12(4-6-13)18-39-41(9-16-36-11-42(38-16)19-14(23(28,29)30)2-1-7-34-19)21(44)40(18)8-15(24(31,32)33)37-20(43)17-22(26,27)10-35-17/h1-7,11,15,17,35H,8-10H2,(H,37,43). The van der Waals surface area contributed by atoms with Crippen molar-refractivity contribution in [3.05, 3.63) is 75.8 Å². The number of aromatic nitrogens is 7. The Hall–Kier alpha value is -4.39. The molecule has 1 aliphatic heterocycles. The smallest absolute Gasteiger partial charge is 0.341 e. The minimum Gasteiger partial charge on any atom is -0.341 e. The van der Waals surface area contributed by atoms with Crippen LogP contribution in [0.1, 0.15) is 11.4 Å². The van der Waals surface area contributed by atoms with E-state index in [0.29, 0.717) is 13.9 Å². The van der Waals surface area contributed by atoms with Crippen molar-refractivity contribution in [3.63, 3.8) is 0 Å². The number of hydrogen-bond acceptors (Lipinski definition) is 7. The van der Waals surface area contributed by atoms with Gasteiger partial charge in [0, 0.05) is 16.8 Å². The number of halogens is 9. The molecule has 5 rings (SSSR count). The van der Waals surface area contributed by atoms with Gasteiger partial charge in [0.15, 0.2) is 23.5 Å². The van der Waals surface area contributed by atoms with Gasteiger partial charge in [-0.1, -0.05) is 11.6 Å². The highest BCUT2D eigenvalue weighted by Gasteiger charge is 2.54. The Morgan fingerprint density at radius 2 is 1.80 bits per heavy atom. The van der Waals surface area contributed by atoms with Crippen LogP contribution in [-0.4, -0.2) is 70.7 Å². The van der Waals surface area contributed by atoms with E-state index in [1.807, 2.05) is 0 Å². The summed E-state index contributed by atoms with van der Waals surface area (Å²) in [6.45, 7) is -2.76. The zero-order valence-corrected chi connectivity index (χ0v) is 22.5. The van der Waals surface area contributed by atoms with Crippen molar-refractivity contribution in [1.29, 1.82) is 0 Å². The summed E-state index contributed by atoms with van der Waals surface area (Å²) in [7, 11) is 0. The highest BCUT2D eigenvalue weighted by Crippen LogP contribution is 2.32. The van der Waals surface area contributed by atoms with Crippen LogP contribution in [0.15, 0.2) is 53.7 Å². The maximum absolute atomic E-state index is 14.0. The van der Waals surface area contributed by atoms with Crippen LogP contribution in [0.5, 0.6) is 0 Å². The minimum atomic E-state index is -5.19. The fourth-order valence-electron chi connectivity index (χ4n) is 4.24. The fourth-order valence-corrected chi connectivity index (χ4v) is 4.37. The Kier molecular flexibility index (Phi) is 7.95. The summed E-state index contributed by atoms with van der Waals surface area (Å²) in [6, 6.07) is 2.28. The number of nitrogens with one attached hydrogen (secondary N) is 2. The van der Waals surface area contributed by atoms with Crippen molar-refractivity contribution >= 4 is 17.5 Å². The lowest BCUT2D eigenvalue weighted by Crippen LogP contribution is -2.70. The molecule has 1 aromatic carbocycles. The van der Waals surface area contributed by atoms with Crippen molar-refractivity contribution in [1.82, 2.24) is 44.7 Å². The Balaban J connectivity index is 1.49. The summed E-state index contributed by atoms with van der Waals surface area (Å²) in [4.78, 5) is 33.1. The third-order valence-corrected chi connectivity index (χ3v) is 6.72. The van der Waals surface area contributed by atoms with Gasteiger partial charge in [-0.3, -0.25) is 14.7 Å². The van der Waals surface area contributed by atoms with E-state index in [0.717, 1.165) is 24.7 Å². The predicted octanol–water partition coefficient (Wildman–Crippen LogP) is 3.06. The van der Waals surface area contributed by atoms with Gasteiger partial charge < -0.3 is 5.32 Å². The van der Waals surface area contributed by atoms with Gasteiger partial charge in [-0.2, -0.15) is 26.3 Å². The lowest BCUT2D eigenvalue weighted by atomic mass is 10.0. The van der Waals surface area contributed by atoms with Crippen LogP contribution in [0.4, 0.5) is 35.1 Å². The van der Waals surface area contributed by atoms with Crippen LogP contribution in [0.25, 0.3) is 17.2 Å². The summed E-state index contributed by atoms with van der Waals surface area (Å²) in [5.41, 5.74) is -2.17. The third kappa shape index (κ3) is 6.28. The topological polar surface area (TPSA) is 125 Å². The van der Waals surface area contributed by atoms with Gasteiger partial charge in [0.1, 0.15) is 24.5 Å². The van der Waals surface area contributed by atoms with Crippen LogP contribution < -0.4 is 16.3 Å². The second-order valence-electron chi connectivity index (χ2n) is 9.54. The van der Waals surface area contributed by atoms with E-state index in [4.69, 9.17) is 11.6 Å². The van der Waals surface area contributed by atoms with Gasteiger partial charge in [-0.15, -0.1) is 10.2 Å². The molecule has 1 amide bonds. The molecule has 2 N–H and O–H groups in total.